The Kier molecular flexibility index (Phi) is 12.7. The highest BCUT2D eigenvalue weighted by Crippen LogP contribution is 2.08. The number of nitrogens with one attached hydrogen (secondary N) is 3. The minimum Gasteiger partial charge on any atom is -0.481 e. The highest BCUT2D eigenvalue weighted by Gasteiger charge is 2.32. The maximum absolute atomic E-state index is 12.8. The van der Waals surface area contributed by atoms with Gasteiger partial charge in [-0.05, 0) is 24.7 Å². The van der Waals surface area contributed by atoms with Crippen LogP contribution in [-0.2, 0) is 28.8 Å². The summed E-state index contributed by atoms with van der Waals surface area (Å²) in [5.74, 6) is -7.11. The first-order chi connectivity index (χ1) is 15.1. The number of hydrogen-bond donors (Lipinski definition) is 7. The average Bonchev–Trinajstić information content (AvgIpc) is 2.67. The van der Waals surface area contributed by atoms with E-state index in [9.17, 15) is 33.9 Å². The van der Waals surface area contributed by atoms with Gasteiger partial charge >= 0.3 is 17.9 Å². The number of carbonyl (C=O) groups is 6. The minimum absolute atomic E-state index is 0.0969. The normalized spacial score (nSPS) is 14.6. The van der Waals surface area contributed by atoms with E-state index in [-0.39, 0.29) is 25.2 Å². The first-order valence-corrected chi connectivity index (χ1v) is 10.5. The second-order valence-electron chi connectivity index (χ2n) is 8.46. The van der Waals surface area contributed by atoms with Crippen LogP contribution >= 0.6 is 0 Å². The highest BCUT2D eigenvalue weighted by atomic mass is 16.4. The lowest BCUT2D eigenvalue weighted by Crippen LogP contribution is -2.58. The molecule has 0 aliphatic heterocycles. The zero-order valence-electron chi connectivity index (χ0n) is 19.2. The third kappa shape index (κ3) is 11.8. The van der Waals surface area contributed by atoms with Crippen LogP contribution in [0.2, 0.25) is 0 Å². The van der Waals surface area contributed by atoms with Crippen molar-refractivity contribution in [2.24, 2.45) is 17.6 Å². The van der Waals surface area contributed by atoms with Crippen LogP contribution in [0.1, 0.15) is 53.4 Å². The monoisotopic (exact) mass is 474 g/mol. The van der Waals surface area contributed by atoms with Gasteiger partial charge in [-0.3, -0.25) is 24.0 Å². The van der Waals surface area contributed by atoms with Crippen molar-refractivity contribution in [3.8, 4) is 0 Å². The molecule has 4 atom stereocenters. The summed E-state index contributed by atoms with van der Waals surface area (Å²) in [5, 5.41) is 34.0. The van der Waals surface area contributed by atoms with E-state index in [4.69, 9.17) is 15.9 Å². The van der Waals surface area contributed by atoms with E-state index < -0.39 is 72.1 Å². The zero-order valence-corrected chi connectivity index (χ0v) is 19.2. The lowest BCUT2D eigenvalue weighted by Gasteiger charge is -2.26. The molecule has 0 bridgehead atoms. The van der Waals surface area contributed by atoms with E-state index in [1.165, 1.54) is 0 Å². The number of hydrogen-bond acceptors (Lipinski definition) is 7. The van der Waals surface area contributed by atoms with Gasteiger partial charge in [-0.2, -0.15) is 0 Å². The molecule has 13 heteroatoms. The maximum atomic E-state index is 12.8. The molecule has 188 valence electrons. The molecule has 3 amide bonds. The van der Waals surface area contributed by atoms with E-state index in [2.05, 4.69) is 16.0 Å². The summed E-state index contributed by atoms with van der Waals surface area (Å²) in [5.41, 5.74) is 5.67. The van der Waals surface area contributed by atoms with Crippen LogP contribution in [0.15, 0.2) is 0 Å². The molecule has 0 aliphatic rings. The number of carbonyl (C=O) groups excluding carboxylic acids is 3. The Morgan fingerprint density at radius 1 is 0.758 bits per heavy atom. The van der Waals surface area contributed by atoms with Crippen LogP contribution in [0.3, 0.4) is 0 Å². The number of nitrogens with two attached hydrogens (primary N) is 1. The fourth-order valence-electron chi connectivity index (χ4n) is 2.82. The molecule has 0 aromatic rings. The van der Waals surface area contributed by atoms with Crippen molar-refractivity contribution in [3.63, 3.8) is 0 Å². The fraction of sp³-hybridized carbons (Fsp3) is 0.700. The van der Waals surface area contributed by atoms with Crippen molar-refractivity contribution >= 4 is 35.6 Å². The van der Waals surface area contributed by atoms with Crippen LogP contribution in [0.5, 0.6) is 0 Å². The summed E-state index contributed by atoms with van der Waals surface area (Å²) < 4.78 is 0. The Morgan fingerprint density at radius 2 is 1.27 bits per heavy atom. The van der Waals surface area contributed by atoms with E-state index in [0.29, 0.717) is 0 Å². The molecule has 0 spiro atoms. The molecule has 0 aliphatic carbocycles. The van der Waals surface area contributed by atoms with Gasteiger partial charge < -0.3 is 37.0 Å². The van der Waals surface area contributed by atoms with Crippen molar-refractivity contribution in [2.45, 2.75) is 77.5 Å². The Bertz CT molecular complexity index is 739. The van der Waals surface area contributed by atoms with Gasteiger partial charge in [-0.15, -0.1) is 0 Å². The van der Waals surface area contributed by atoms with Crippen molar-refractivity contribution in [1.82, 2.24) is 16.0 Å². The summed E-state index contributed by atoms with van der Waals surface area (Å²) in [7, 11) is 0. The first-order valence-electron chi connectivity index (χ1n) is 10.5. The van der Waals surface area contributed by atoms with Gasteiger partial charge in [0.05, 0.1) is 12.5 Å². The molecular weight excluding hydrogens is 440 g/mol. The molecule has 0 heterocycles. The number of carboxylic acids is 3. The molecule has 0 saturated carbocycles. The number of carboxylic acid groups (broad SMARTS) is 3. The van der Waals surface area contributed by atoms with Gasteiger partial charge in [0.25, 0.3) is 0 Å². The second-order valence-corrected chi connectivity index (χ2v) is 8.46. The van der Waals surface area contributed by atoms with Crippen molar-refractivity contribution in [2.75, 3.05) is 0 Å². The zero-order chi connectivity index (χ0) is 25.9. The predicted molar refractivity (Wildman–Crippen MR) is 115 cm³/mol. The standard InChI is InChI=1S/C20H34N4O9/c1-9(2)7-12(22-17(29)11(21)5-6-14(25)26)18(30)23-13(8-15(27)28)19(31)24-16(10(3)4)20(32)33/h9-13,16H,5-8,21H2,1-4H3,(H,22,29)(H,23,30)(H,24,31)(H,25,26)(H,27,28)(H,32,33). The van der Waals surface area contributed by atoms with Gasteiger partial charge in [-0.25, -0.2) is 4.79 Å². The van der Waals surface area contributed by atoms with Gasteiger partial charge in [0.15, 0.2) is 0 Å². The van der Waals surface area contributed by atoms with E-state index in [1.807, 2.05) is 0 Å². The van der Waals surface area contributed by atoms with Crippen LogP contribution in [-0.4, -0.2) is 75.1 Å². The van der Waals surface area contributed by atoms with Gasteiger partial charge in [0, 0.05) is 6.42 Å². The van der Waals surface area contributed by atoms with Crippen molar-refractivity contribution in [3.05, 3.63) is 0 Å². The van der Waals surface area contributed by atoms with Crippen LogP contribution in [0, 0.1) is 11.8 Å². The van der Waals surface area contributed by atoms with Crippen molar-refractivity contribution in [1.29, 1.82) is 0 Å². The largest absolute Gasteiger partial charge is 0.481 e. The summed E-state index contributed by atoms with van der Waals surface area (Å²) in [6.45, 7) is 6.62. The molecule has 4 unspecified atom stereocenters. The Balaban J connectivity index is 5.49. The lowest BCUT2D eigenvalue weighted by molar-refractivity contribution is -0.144. The SMILES string of the molecule is CC(C)CC(NC(=O)C(N)CCC(=O)O)C(=O)NC(CC(=O)O)C(=O)NC(C(=O)O)C(C)C. The second kappa shape index (κ2) is 14.0. The smallest absolute Gasteiger partial charge is 0.326 e. The van der Waals surface area contributed by atoms with Gasteiger partial charge in [0.2, 0.25) is 17.7 Å². The first kappa shape index (κ1) is 29.8. The third-order valence-corrected chi connectivity index (χ3v) is 4.59. The molecule has 0 rings (SSSR count). The fourth-order valence-corrected chi connectivity index (χ4v) is 2.82. The molecule has 0 saturated heterocycles. The molecule has 8 N–H and O–H groups in total. The van der Waals surface area contributed by atoms with Crippen LogP contribution in [0.25, 0.3) is 0 Å². The maximum Gasteiger partial charge on any atom is 0.326 e. The van der Waals surface area contributed by atoms with Crippen LogP contribution < -0.4 is 21.7 Å². The van der Waals surface area contributed by atoms with E-state index >= 15 is 0 Å². The molecule has 13 nitrogen and oxygen atoms in total. The third-order valence-electron chi connectivity index (χ3n) is 4.59. The number of amides is 3. The van der Waals surface area contributed by atoms with E-state index in [0.717, 1.165) is 0 Å². The summed E-state index contributed by atoms with van der Waals surface area (Å²) in [6.07, 6.45) is -1.21. The van der Waals surface area contributed by atoms with Gasteiger partial charge in [0.1, 0.15) is 18.1 Å². The summed E-state index contributed by atoms with van der Waals surface area (Å²) in [6, 6.07) is -5.27. The quantitative estimate of drug-likeness (QED) is 0.151. The predicted octanol–water partition coefficient (Wildman–Crippen LogP) is -1.11. The molecule has 0 fully saturated rings. The van der Waals surface area contributed by atoms with Crippen molar-refractivity contribution < 1.29 is 44.1 Å². The van der Waals surface area contributed by atoms with E-state index in [1.54, 1.807) is 27.7 Å². The number of rotatable bonds is 15. The molecule has 0 aromatic heterocycles. The molecule has 33 heavy (non-hydrogen) atoms. The Hall–Kier alpha value is -3.22. The number of aliphatic carboxylic acids is 3. The minimum atomic E-state index is -1.59. The van der Waals surface area contributed by atoms with Gasteiger partial charge in [-0.1, -0.05) is 27.7 Å². The highest BCUT2D eigenvalue weighted by molar-refractivity contribution is 5.95. The molecule has 0 aromatic carbocycles. The Morgan fingerprint density at radius 3 is 1.70 bits per heavy atom. The topological polar surface area (TPSA) is 225 Å². The molecular formula is C20H34N4O9. The molecule has 0 radical (unpaired) electrons. The van der Waals surface area contributed by atoms with Crippen LogP contribution in [0.4, 0.5) is 0 Å². The summed E-state index contributed by atoms with van der Waals surface area (Å²) >= 11 is 0. The Labute approximate surface area is 191 Å². The summed E-state index contributed by atoms with van der Waals surface area (Å²) in [4.78, 5) is 70.9. The lowest BCUT2D eigenvalue weighted by atomic mass is 10.0. The average molecular weight is 475 g/mol.